The third-order valence-electron chi connectivity index (χ3n) is 3.84. The van der Waals surface area contributed by atoms with Gasteiger partial charge in [-0.2, -0.15) is 0 Å². The molecule has 6 heteroatoms. The van der Waals surface area contributed by atoms with Crippen molar-refractivity contribution in [3.63, 3.8) is 0 Å². The third kappa shape index (κ3) is 2.15. The summed E-state index contributed by atoms with van der Waals surface area (Å²) in [7, 11) is 0. The minimum Gasteiger partial charge on any atom is -0.379 e. The highest BCUT2D eigenvalue weighted by atomic mass is 16.5. The number of amides is 1. The second-order valence-corrected chi connectivity index (χ2v) is 5.04. The van der Waals surface area contributed by atoms with Crippen molar-refractivity contribution in [2.24, 2.45) is 5.92 Å². The molecule has 3 heterocycles. The fourth-order valence-electron chi connectivity index (χ4n) is 2.94. The maximum atomic E-state index is 12.4. The first-order valence-electron chi connectivity index (χ1n) is 6.64. The lowest BCUT2D eigenvalue weighted by Crippen LogP contribution is -2.38. The molecule has 1 aromatic rings. The maximum Gasteiger partial charge on any atom is 0.276 e. The summed E-state index contributed by atoms with van der Waals surface area (Å²) in [6.45, 7) is 6.25. The van der Waals surface area contributed by atoms with Crippen LogP contribution in [0.25, 0.3) is 0 Å². The molecule has 0 radical (unpaired) electrons. The van der Waals surface area contributed by atoms with E-state index in [0.29, 0.717) is 37.8 Å². The number of aryl methyl sites for hydroxylation is 1. The molecule has 0 saturated carbocycles. The van der Waals surface area contributed by atoms with Crippen LogP contribution in [0.15, 0.2) is 10.6 Å². The van der Waals surface area contributed by atoms with E-state index in [1.807, 2.05) is 11.8 Å². The lowest BCUT2D eigenvalue weighted by Gasteiger charge is -2.20. The first-order chi connectivity index (χ1) is 9.20. The van der Waals surface area contributed by atoms with Gasteiger partial charge in [0.25, 0.3) is 5.91 Å². The quantitative estimate of drug-likeness (QED) is 0.812. The van der Waals surface area contributed by atoms with Crippen LogP contribution in [-0.2, 0) is 9.47 Å². The molecule has 0 aliphatic carbocycles. The summed E-state index contributed by atoms with van der Waals surface area (Å²) in [5, 5.41) is 3.80. The number of carbonyl (C=O) groups is 1. The van der Waals surface area contributed by atoms with Gasteiger partial charge < -0.3 is 18.9 Å². The summed E-state index contributed by atoms with van der Waals surface area (Å²) in [5.74, 6) is 0.819. The molecule has 104 valence electrons. The van der Waals surface area contributed by atoms with Crippen LogP contribution in [0.3, 0.4) is 0 Å². The molecule has 3 rings (SSSR count). The SMILES string of the molecule is CCO[C@@H]1CN(C(=O)c2cc(C)on2)[C@H]2COC[C@@H]12. The second kappa shape index (κ2) is 4.94. The van der Waals surface area contributed by atoms with Crippen LogP contribution in [0.4, 0.5) is 0 Å². The smallest absolute Gasteiger partial charge is 0.276 e. The lowest BCUT2D eigenvalue weighted by atomic mass is 10.0. The first-order valence-corrected chi connectivity index (χ1v) is 6.64. The van der Waals surface area contributed by atoms with Crippen LogP contribution in [0, 0.1) is 12.8 Å². The topological polar surface area (TPSA) is 64.8 Å². The van der Waals surface area contributed by atoms with Crippen LogP contribution < -0.4 is 0 Å². The first kappa shape index (κ1) is 12.6. The number of ether oxygens (including phenoxy) is 2. The number of nitrogens with zero attached hydrogens (tertiary/aromatic N) is 2. The Hall–Kier alpha value is -1.40. The number of hydrogen-bond donors (Lipinski definition) is 0. The van der Waals surface area contributed by atoms with E-state index in [9.17, 15) is 4.79 Å². The molecule has 2 fully saturated rings. The predicted octanol–water partition coefficient (Wildman–Crippen LogP) is 0.859. The predicted molar refractivity (Wildman–Crippen MR) is 65.8 cm³/mol. The highest BCUT2D eigenvalue weighted by Crippen LogP contribution is 2.33. The van der Waals surface area contributed by atoms with Gasteiger partial charge in [0.15, 0.2) is 5.69 Å². The third-order valence-corrected chi connectivity index (χ3v) is 3.84. The molecule has 0 aromatic carbocycles. The Morgan fingerprint density at radius 3 is 3.11 bits per heavy atom. The zero-order valence-electron chi connectivity index (χ0n) is 11.2. The summed E-state index contributed by atoms with van der Waals surface area (Å²) in [6.07, 6.45) is 0.0643. The number of aromatic nitrogens is 1. The molecule has 1 aromatic heterocycles. The van der Waals surface area contributed by atoms with E-state index >= 15 is 0 Å². The van der Waals surface area contributed by atoms with Gasteiger partial charge in [-0.3, -0.25) is 4.79 Å². The van der Waals surface area contributed by atoms with E-state index < -0.39 is 0 Å². The van der Waals surface area contributed by atoms with Gasteiger partial charge in [-0.1, -0.05) is 5.16 Å². The van der Waals surface area contributed by atoms with E-state index in [2.05, 4.69) is 5.16 Å². The van der Waals surface area contributed by atoms with E-state index in [4.69, 9.17) is 14.0 Å². The van der Waals surface area contributed by atoms with Gasteiger partial charge in [-0.05, 0) is 13.8 Å². The summed E-state index contributed by atoms with van der Waals surface area (Å²) < 4.78 is 16.2. The highest BCUT2D eigenvalue weighted by Gasteiger charge is 2.48. The van der Waals surface area contributed by atoms with E-state index in [1.54, 1.807) is 13.0 Å². The molecule has 3 atom stereocenters. The van der Waals surface area contributed by atoms with Gasteiger partial charge in [-0.25, -0.2) is 0 Å². The molecule has 2 aliphatic rings. The fourth-order valence-corrected chi connectivity index (χ4v) is 2.94. The maximum absolute atomic E-state index is 12.4. The second-order valence-electron chi connectivity index (χ2n) is 5.04. The molecule has 1 amide bonds. The number of hydrogen-bond acceptors (Lipinski definition) is 5. The van der Waals surface area contributed by atoms with Crippen LogP contribution >= 0.6 is 0 Å². The summed E-state index contributed by atoms with van der Waals surface area (Å²) in [4.78, 5) is 14.3. The number of carbonyl (C=O) groups excluding carboxylic acids is 1. The van der Waals surface area contributed by atoms with E-state index in [1.165, 1.54) is 0 Å². The molecule has 19 heavy (non-hydrogen) atoms. The fraction of sp³-hybridized carbons (Fsp3) is 0.692. The number of fused-ring (bicyclic) bond motifs is 1. The molecule has 0 unspecified atom stereocenters. The van der Waals surface area contributed by atoms with Crippen LogP contribution in [0.2, 0.25) is 0 Å². The van der Waals surface area contributed by atoms with Crippen molar-refractivity contribution in [3.8, 4) is 0 Å². The van der Waals surface area contributed by atoms with Gasteiger partial charge in [0.2, 0.25) is 0 Å². The van der Waals surface area contributed by atoms with Gasteiger partial charge in [0.05, 0.1) is 25.4 Å². The minimum atomic E-state index is -0.0976. The van der Waals surface area contributed by atoms with Crippen molar-refractivity contribution in [3.05, 3.63) is 17.5 Å². The zero-order valence-corrected chi connectivity index (χ0v) is 11.2. The molecule has 2 saturated heterocycles. The summed E-state index contributed by atoms with van der Waals surface area (Å²) >= 11 is 0. The Kier molecular flexibility index (Phi) is 3.28. The van der Waals surface area contributed by atoms with Crippen molar-refractivity contribution >= 4 is 5.91 Å². The van der Waals surface area contributed by atoms with Gasteiger partial charge in [-0.15, -0.1) is 0 Å². The van der Waals surface area contributed by atoms with E-state index in [-0.39, 0.29) is 24.0 Å². The normalized spacial score (nSPS) is 29.8. The monoisotopic (exact) mass is 266 g/mol. The molecule has 0 N–H and O–H groups in total. The van der Waals surface area contributed by atoms with Crippen molar-refractivity contribution in [1.82, 2.24) is 10.1 Å². The molecular formula is C13H18N2O4. The Morgan fingerprint density at radius 2 is 2.42 bits per heavy atom. The number of likely N-dealkylation sites (tertiary alicyclic amines) is 1. The zero-order chi connectivity index (χ0) is 13.4. The van der Waals surface area contributed by atoms with Crippen molar-refractivity contribution in [2.45, 2.75) is 26.0 Å². The summed E-state index contributed by atoms with van der Waals surface area (Å²) in [5.41, 5.74) is 0.361. The Balaban J connectivity index is 1.79. The Morgan fingerprint density at radius 1 is 1.58 bits per heavy atom. The van der Waals surface area contributed by atoms with Crippen molar-refractivity contribution < 1.29 is 18.8 Å². The van der Waals surface area contributed by atoms with E-state index in [0.717, 1.165) is 0 Å². The van der Waals surface area contributed by atoms with Gasteiger partial charge in [0, 0.05) is 25.1 Å². The molecule has 2 aliphatic heterocycles. The van der Waals surface area contributed by atoms with Crippen LogP contribution in [-0.4, -0.2) is 54.5 Å². The lowest BCUT2D eigenvalue weighted by molar-refractivity contribution is 0.0255. The standard InChI is InChI=1S/C13H18N2O4/c1-3-18-12-5-15(11-7-17-6-9(11)12)13(16)10-4-8(2)19-14-10/h4,9,11-12H,3,5-7H2,1-2H3/t9-,11+,12-/m1/s1. The largest absolute Gasteiger partial charge is 0.379 e. The average molecular weight is 266 g/mol. The van der Waals surface area contributed by atoms with Crippen molar-refractivity contribution in [2.75, 3.05) is 26.4 Å². The Labute approximate surface area is 111 Å². The molecule has 0 bridgehead atoms. The van der Waals surface area contributed by atoms with Crippen molar-refractivity contribution in [1.29, 1.82) is 0 Å². The van der Waals surface area contributed by atoms with Gasteiger partial charge >= 0.3 is 0 Å². The van der Waals surface area contributed by atoms with Crippen LogP contribution in [0.1, 0.15) is 23.2 Å². The van der Waals surface area contributed by atoms with Gasteiger partial charge in [0.1, 0.15) is 5.76 Å². The number of rotatable bonds is 3. The molecule has 6 nitrogen and oxygen atoms in total. The minimum absolute atomic E-state index is 0.0643. The Bertz CT molecular complexity index is 473. The molecule has 0 spiro atoms. The summed E-state index contributed by atoms with van der Waals surface area (Å²) in [6, 6.07) is 1.77. The van der Waals surface area contributed by atoms with Crippen LogP contribution in [0.5, 0.6) is 0 Å². The average Bonchev–Trinajstić information content (AvgIpc) is 3.06. The highest BCUT2D eigenvalue weighted by molar-refractivity contribution is 5.92. The molecular weight excluding hydrogens is 248 g/mol.